The summed E-state index contributed by atoms with van der Waals surface area (Å²) in [7, 11) is 0. The van der Waals surface area contributed by atoms with Gasteiger partial charge in [0, 0.05) is 24.2 Å². The first kappa shape index (κ1) is 23.4. The number of benzene rings is 2. The fraction of sp³-hybridized carbons (Fsp3) is 0.273. The van der Waals surface area contributed by atoms with Crippen LogP contribution in [-0.2, 0) is 16.0 Å². The summed E-state index contributed by atoms with van der Waals surface area (Å²) >= 11 is 0. The summed E-state index contributed by atoms with van der Waals surface area (Å²) in [4.78, 5) is 35.2. The van der Waals surface area contributed by atoms with Crippen LogP contribution in [0, 0.1) is 11.3 Å². The lowest BCUT2D eigenvalue weighted by atomic mass is 10.1. The molecule has 0 bridgehead atoms. The van der Waals surface area contributed by atoms with Gasteiger partial charge in [0.1, 0.15) is 5.84 Å². The number of fused-ring (bicyclic) bond motifs is 1. The standard InChI is InChI=1S/C22H25N5O6/c1-12(11-25-21(31)26-15-6-4-14(5-7-15)19(23)24)20(30)27-22-32-16-8-2-13(3-9-18(28)29)10-17(16)33-22/h2,4-8,10,12,22H,3,9,11H2,1H3,(H3,23,24)(H,27,30)(H,28,29)(H2,25,26,31)/t12-,22?/m1/s1. The van der Waals surface area contributed by atoms with Crippen molar-refractivity contribution in [1.29, 1.82) is 5.41 Å². The molecule has 0 aromatic heterocycles. The Morgan fingerprint density at radius 2 is 1.82 bits per heavy atom. The lowest BCUT2D eigenvalue weighted by Crippen LogP contribution is -2.46. The van der Waals surface area contributed by atoms with Crippen LogP contribution in [0.15, 0.2) is 42.5 Å². The van der Waals surface area contributed by atoms with Crippen LogP contribution in [0.1, 0.15) is 24.5 Å². The number of aliphatic carboxylic acids is 1. The molecule has 33 heavy (non-hydrogen) atoms. The number of urea groups is 1. The number of carboxylic acid groups (broad SMARTS) is 1. The highest BCUT2D eigenvalue weighted by atomic mass is 16.7. The first-order chi connectivity index (χ1) is 15.7. The summed E-state index contributed by atoms with van der Waals surface area (Å²) in [5, 5.41) is 24.0. The highest BCUT2D eigenvalue weighted by Gasteiger charge is 2.27. The molecule has 2 aromatic carbocycles. The number of amides is 3. The van der Waals surface area contributed by atoms with Gasteiger partial charge in [-0.15, -0.1) is 0 Å². The van der Waals surface area contributed by atoms with Crippen LogP contribution in [0.3, 0.4) is 0 Å². The molecule has 3 rings (SSSR count). The molecule has 2 atom stereocenters. The molecular formula is C22H25N5O6. The molecule has 2 aromatic rings. The number of ether oxygens (including phenoxy) is 2. The van der Waals surface area contributed by atoms with Gasteiger partial charge in [0.15, 0.2) is 11.5 Å². The Balaban J connectivity index is 1.43. The van der Waals surface area contributed by atoms with E-state index in [0.717, 1.165) is 5.56 Å². The zero-order valence-electron chi connectivity index (χ0n) is 17.9. The number of nitrogen functional groups attached to an aromatic ring is 1. The van der Waals surface area contributed by atoms with Crippen LogP contribution in [0.25, 0.3) is 0 Å². The predicted molar refractivity (Wildman–Crippen MR) is 119 cm³/mol. The van der Waals surface area contributed by atoms with Crippen molar-refractivity contribution >= 4 is 29.4 Å². The number of hydrogen-bond acceptors (Lipinski definition) is 6. The van der Waals surface area contributed by atoms with Crippen LogP contribution >= 0.6 is 0 Å². The fourth-order valence-electron chi connectivity index (χ4n) is 2.97. The van der Waals surface area contributed by atoms with E-state index < -0.39 is 24.3 Å². The third kappa shape index (κ3) is 6.60. The molecule has 11 nitrogen and oxygen atoms in total. The summed E-state index contributed by atoms with van der Waals surface area (Å²) in [6.45, 7) is 1.71. The molecule has 1 aliphatic heterocycles. The predicted octanol–water partition coefficient (Wildman–Crippen LogP) is 1.62. The van der Waals surface area contributed by atoms with Gasteiger partial charge < -0.3 is 30.9 Å². The van der Waals surface area contributed by atoms with Gasteiger partial charge in [-0.2, -0.15) is 0 Å². The van der Waals surface area contributed by atoms with E-state index >= 15 is 0 Å². The summed E-state index contributed by atoms with van der Waals surface area (Å²) in [5.41, 5.74) is 7.24. The van der Waals surface area contributed by atoms with Gasteiger partial charge in [-0.1, -0.05) is 13.0 Å². The molecular weight excluding hydrogens is 430 g/mol. The van der Waals surface area contributed by atoms with Crippen molar-refractivity contribution in [3.63, 3.8) is 0 Å². The van der Waals surface area contributed by atoms with E-state index in [4.69, 9.17) is 25.7 Å². The Labute approximate surface area is 189 Å². The number of anilines is 1. The minimum Gasteiger partial charge on any atom is -0.481 e. The molecule has 0 spiro atoms. The van der Waals surface area contributed by atoms with Gasteiger partial charge in [0.25, 0.3) is 0 Å². The van der Waals surface area contributed by atoms with E-state index in [1.165, 1.54) is 0 Å². The number of rotatable bonds is 9. The average molecular weight is 455 g/mol. The molecule has 1 unspecified atom stereocenters. The van der Waals surface area contributed by atoms with Crippen LogP contribution < -0.4 is 31.2 Å². The van der Waals surface area contributed by atoms with Gasteiger partial charge in [-0.05, 0) is 48.4 Å². The Morgan fingerprint density at radius 1 is 1.12 bits per heavy atom. The van der Waals surface area contributed by atoms with Gasteiger partial charge in [-0.3, -0.25) is 20.3 Å². The minimum absolute atomic E-state index is 0.00161. The van der Waals surface area contributed by atoms with Gasteiger partial charge in [-0.25, -0.2) is 4.79 Å². The van der Waals surface area contributed by atoms with Gasteiger partial charge >= 0.3 is 18.4 Å². The van der Waals surface area contributed by atoms with E-state index in [1.807, 2.05) is 0 Å². The molecule has 174 valence electrons. The summed E-state index contributed by atoms with van der Waals surface area (Å²) < 4.78 is 11.1. The smallest absolute Gasteiger partial charge is 0.327 e. The normalized spacial score (nSPS) is 14.8. The maximum Gasteiger partial charge on any atom is 0.327 e. The van der Waals surface area contributed by atoms with Gasteiger partial charge in [0.05, 0.1) is 5.92 Å². The zero-order valence-corrected chi connectivity index (χ0v) is 17.9. The molecule has 0 saturated heterocycles. The number of carboxylic acids is 1. The van der Waals surface area contributed by atoms with Crippen molar-refractivity contribution in [1.82, 2.24) is 10.6 Å². The fourth-order valence-corrected chi connectivity index (χ4v) is 2.97. The number of carbonyl (C=O) groups excluding carboxylic acids is 2. The molecule has 3 amide bonds. The average Bonchev–Trinajstić information content (AvgIpc) is 3.17. The number of amidine groups is 1. The highest BCUT2D eigenvalue weighted by Crippen LogP contribution is 2.35. The molecule has 0 radical (unpaired) electrons. The van der Waals surface area contributed by atoms with E-state index in [-0.39, 0.29) is 24.7 Å². The number of nitrogens with one attached hydrogen (secondary N) is 4. The zero-order chi connectivity index (χ0) is 24.0. The van der Waals surface area contributed by atoms with Crippen LogP contribution in [0.2, 0.25) is 0 Å². The second-order valence-corrected chi connectivity index (χ2v) is 7.48. The van der Waals surface area contributed by atoms with Crippen LogP contribution in [0.5, 0.6) is 11.5 Å². The van der Waals surface area contributed by atoms with E-state index in [9.17, 15) is 14.4 Å². The van der Waals surface area contributed by atoms with Crippen molar-refractivity contribution in [3.8, 4) is 11.5 Å². The van der Waals surface area contributed by atoms with Crippen LogP contribution in [0.4, 0.5) is 10.5 Å². The quantitative estimate of drug-likeness (QED) is 0.246. The first-order valence-electron chi connectivity index (χ1n) is 10.2. The van der Waals surface area contributed by atoms with E-state index in [2.05, 4.69) is 16.0 Å². The maximum absolute atomic E-state index is 12.4. The number of hydrogen-bond donors (Lipinski definition) is 6. The van der Waals surface area contributed by atoms with Crippen molar-refractivity contribution in [2.75, 3.05) is 11.9 Å². The third-order valence-corrected chi connectivity index (χ3v) is 4.83. The largest absolute Gasteiger partial charge is 0.481 e. The summed E-state index contributed by atoms with van der Waals surface area (Å²) in [6, 6.07) is 11.1. The number of aryl methyl sites for hydroxylation is 1. The maximum atomic E-state index is 12.4. The van der Waals surface area contributed by atoms with Crippen LogP contribution in [-0.4, -0.2) is 41.8 Å². The highest BCUT2D eigenvalue weighted by molar-refractivity contribution is 5.96. The molecule has 7 N–H and O–H groups in total. The van der Waals surface area contributed by atoms with E-state index in [1.54, 1.807) is 49.4 Å². The molecule has 11 heteroatoms. The van der Waals surface area contributed by atoms with Crippen molar-refractivity contribution in [2.24, 2.45) is 11.7 Å². The Bertz CT molecular complexity index is 1060. The monoisotopic (exact) mass is 455 g/mol. The topological polar surface area (TPSA) is 176 Å². The molecule has 0 saturated carbocycles. The molecule has 1 aliphatic rings. The molecule has 0 fully saturated rings. The Kier molecular flexibility index (Phi) is 7.34. The second-order valence-electron chi connectivity index (χ2n) is 7.48. The Morgan fingerprint density at radius 3 is 2.48 bits per heavy atom. The Hall–Kier alpha value is -4.28. The number of carbonyl (C=O) groups is 3. The lowest BCUT2D eigenvalue weighted by molar-refractivity contribution is -0.137. The number of nitrogens with two attached hydrogens (primary N) is 1. The minimum atomic E-state index is -1.02. The SMILES string of the molecule is C[C@H](CNC(=O)Nc1ccc(C(=N)N)cc1)C(=O)NC1Oc2ccc(CCC(=O)O)cc2O1. The van der Waals surface area contributed by atoms with E-state index in [0.29, 0.717) is 29.2 Å². The summed E-state index contributed by atoms with van der Waals surface area (Å²) in [6.07, 6.45) is -0.658. The molecule has 0 aliphatic carbocycles. The third-order valence-electron chi connectivity index (χ3n) is 4.83. The lowest BCUT2D eigenvalue weighted by Gasteiger charge is -2.17. The first-order valence-corrected chi connectivity index (χ1v) is 10.2. The van der Waals surface area contributed by atoms with Gasteiger partial charge in [0.2, 0.25) is 5.91 Å². The van der Waals surface area contributed by atoms with Crippen molar-refractivity contribution in [3.05, 3.63) is 53.6 Å². The van der Waals surface area contributed by atoms with Crippen molar-refractivity contribution < 1.29 is 29.0 Å². The molecule has 1 heterocycles. The van der Waals surface area contributed by atoms with Crippen molar-refractivity contribution in [2.45, 2.75) is 26.2 Å². The summed E-state index contributed by atoms with van der Waals surface area (Å²) in [5.74, 6) is -1.05. The second kappa shape index (κ2) is 10.4.